The van der Waals surface area contributed by atoms with E-state index >= 15 is 0 Å². The van der Waals surface area contributed by atoms with Crippen molar-refractivity contribution >= 4 is 34.8 Å². The Balaban J connectivity index is 1.44. The Kier molecular flexibility index (Phi) is 4.76. The standard InChI is InChI=1S/C20H20ClN3O3/c21-14-2-1-3-16(12-14)24-19(26)13-18(20(24)27)23-10-8-22(9-11-23)15-4-6-17(25)7-5-15/h1-7,12,18,25H,8-11,13H2. The van der Waals surface area contributed by atoms with Crippen LogP contribution in [0.4, 0.5) is 11.4 Å². The van der Waals surface area contributed by atoms with E-state index in [2.05, 4.69) is 9.80 Å². The molecule has 2 aromatic carbocycles. The van der Waals surface area contributed by atoms with Crippen molar-refractivity contribution in [3.8, 4) is 5.75 Å². The van der Waals surface area contributed by atoms with Gasteiger partial charge in [-0.3, -0.25) is 14.5 Å². The predicted octanol–water partition coefficient (Wildman–Crippen LogP) is 2.50. The lowest BCUT2D eigenvalue weighted by Crippen LogP contribution is -2.52. The number of aromatic hydroxyl groups is 1. The Morgan fingerprint density at radius 2 is 1.63 bits per heavy atom. The highest BCUT2D eigenvalue weighted by atomic mass is 35.5. The zero-order valence-electron chi connectivity index (χ0n) is 14.7. The molecule has 1 N–H and O–H groups in total. The van der Waals surface area contributed by atoms with Gasteiger partial charge in [0.2, 0.25) is 5.91 Å². The van der Waals surface area contributed by atoms with Gasteiger partial charge < -0.3 is 10.0 Å². The molecule has 0 spiro atoms. The molecular formula is C20H20ClN3O3. The van der Waals surface area contributed by atoms with Gasteiger partial charge in [-0.05, 0) is 42.5 Å². The van der Waals surface area contributed by atoms with Gasteiger partial charge >= 0.3 is 0 Å². The number of piperazine rings is 1. The fourth-order valence-corrected chi connectivity index (χ4v) is 3.93. The number of hydrogen-bond donors (Lipinski definition) is 1. The van der Waals surface area contributed by atoms with Gasteiger partial charge in [0.25, 0.3) is 5.91 Å². The van der Waals surface area contributed by atoms with Gasteiger partial charge in [0.1, 0.15) is 5.75 Å². The monoisotopic (exact) mass is 385 g/mol. The molecule has 0 bridgehead atoms. The number of imide groups is 1. The molecule has 140 valence electrons. The first-order valence-corrected chi connectivity index (χ1v) is 9.31. The second kappa shape index (κ2) is 7.21. The zero-order chi connectivity index (χ0) is 19.0. The lowest BCUT2D eigenvalue weighted by molar-refractivity contribution is -0.123. The van der Waals surface area contributed by atoms with Crippen LogP contribution < -0.4 is 9.80 Å². The molecule has 0 saturated carbocycles. The van der Waals surface area contributed by atoms with Gasteiger partial charge in [-0.1, -0.05) is 17.7 Å². The van der Waals surface area contributed by atoms with E-state index in [-0.39, 0.29) is 24.0 Å². The number of phenolic OH excluding ortho intramolecular Hbond substituents is 1. The summed E-state index contributed by atoms with van der Waals surface area (Å²) in [6.45, 7) is 2.93. The number of phenols is 1. The van der Waals surface area contributed by atoms with E-state index in [1.54, 1.807) is 36.4 Å². The van der Waals surface area contributed by atoms with Crippen LogP contribution in [0, 0.1) is 0 Å². The van der Waals surface area contributed by atoms with E-state index < -0.39 is 6.04 Å². The Morgan fingerprint density at radius 3 is 2.30 bits per heavy atom. The molecule has 4 rings (SSSR count). The molecule has 1 unspecified atom stereocenters. The molecule has 0 radical (unpaired) electrons. The minimum absolute atomic E-state index is 0.180. The number of carbonyl (C=O) groups excluding carboxylic acids is 2. The van der Waals surface area contributed by atoms with Crippen molar-refractivity contribution < 1.29 is 14.7 Å². The van der Waals surface area contributed by atoms with Crippen molar-refractivity contribution in [2.75, 3.05) is 36.0 Å². The lowest BCUT2D eigenvalue weighted by Gasteiger charge is -2.38. The minimum atomic E-state index is -0.418. The van der Waals surface area contributed by atoms with Crippen LogP contribution in [0.1, 0.15) is 6.42 Å². The van der Waals surface area contributed by atoms with Crippen LogP contribution in [0.15, 0.2) is 48.5 Å². The minimum Gasteiger partial charge on any atom is -0.508 e. The summed E-state index contributed by atoms with van der Waals surface area (Å²) in [4.78, 5) is 30.9. The number of halogens is 1. The van der Waals surface area contributed by atoms with Gasteiger partial charge in [0.15, 0.2) is 0 Å². The predicted molar refractivity (Wildman–Crippen MR) is 104 cm³/mol. The number of hydrogen-bond acceptors (Lipinski definition) is 5. The van der Waals surface area contributed by atoms with E-state index in [0.717, 1.165) is 18.8 Å². The average molecular weight is 386 g/mol. The molecule has 0 aliphatic carbocycles. The molecule has 2 fully saturated rings. The Morgan fingerprint density at radius 1 is 0.926 bits per heavy atom. The van der Waals surface area contributed by atoms with Gasteiger partial charge in [-0.25, -0.2) is 4.90 Å². The summed E-state index contributed by atoms with van der Waals surface area (Å²) in [7, 11) is 0. The van der Waals surface area contributed by atoms with Crippen molar-refractivity contribution in [3.05, 3.63) is 53.6 Å². The van der Waals surface area contributed by atoms with Crippen LogP contribution in [0.2, 0.25) is 5.02 Å². The summed E-state index contributed by atoms with van der Waals surface area (Å²) in [5, 5.41) is 9.92. The molecule has 27 heavy (non-hydrogen) atoms. The molecule has 7 heteroatoms. The molecule has 1 atom stereocenters. The maximum Gasteiger partial charge on any atom is 0.251 e. The molecule has 0 aromatic heterocycles. The second-order valence-corrected chi connectivity index (χ2v) is 7.24. The Labute approximate surface area is 162 Å². The number of nitrogens with zero attached hydrogens (tertiary/aromatic N) is 3. The van der Waals surface area contributed by atoms with Crippen LogP contribution in [-0.4, -0.2) is 54.0 Å². The SMILES string of the molecule is O=C1CC(N2CCN(c3ccc(O)cc3)CC2)C(=O)N1c1cccc(Cl)c1. The van der Waals surface area contributed by atoms with E-state index in [4.69, 9.17) is 11.6 Å². The normalized spacial score (nSPS) is 21.1. The number of amides is 2. The summed E-state index contributed by atoms with van der Waals surface area (Å²) >= 11 is 6.01. The van der Waals surface area contributed by atoms with Gasteiger partial charge in [-0.2, -0.15) is 0 Å². The van der Waals surface area contributed by atoms with Gasteiger partial charge in [-0.15, -0.1) is 0 Å². The van der Waals surface area contributed by atoms with Crippen LogP contribution in [0.5, 0.6) is 5.75 Å². The molecule has 2 heterocycles. The van der Waals surface area contributed by atoms with Crippen LogP contribution in [0.25, 0.3) is 0 Å². The Hall–Kier alpha value is -2.57. The van der Waals surface area contributed by atoms with Crippen molar-refractivity contribution in [1.29, 1.82) is 0 Å². The Bertz CT molecular complexity index is 863. The van der Waals surface area contributed by atoms with Crippen molar-refractivity contribution in [2.24, 2.45) is 0 Å². The smallest absolute Gasteiger partial charge is 0.251 e. The molecule has 2 aliphatic heterocycles. The topological polar surface area (TPSA) is 64.1 Å². The summed E-state index contributed by atoms with van der Waals surface area (Å²) in [6.07, 6.45) is 0.199. The molecule has 2 aromatic rings. The summed E-state index contributed by atoms with van der Waals surface area (Å²) in [6, 6.07) is 13.5. The molecule has 2 saturated heterocycles. The molecular weight excluding hydrogens is 366 g/mol. The third kappa shape index (κ3) is 3.50. The fourth-order valence-electron chi connectivity index (χ4n) is 3.74. The molecule has 2 amide bonds. The van der Waals surface area contributed by atoms with E-state index in [1.165, 1.54) is 4.90 Å². The molecule has 6 nitrogen and oxygen atoms in total. The zero-order valence-corrected chi connectivity index (χ0v) is 15.5. The summed E-state index contributed by atoms with van der Waals surface area (Å²) in [5.74, 6) is -0.123. The highest BCUT2D eigenvalue weighted by molar-refractivity contribution is 6.31. The summed E-state index contributed by atoms with van der Waals surface area (Å²) in [5.41, 5.74) is 1.57. The van der Waals surface area contributed by atoms with Crippen molar-refractivity contribution in [1.82, 2.24) is 4.90 Å². The first-order chi connectivity index (χ1) is 13.0. The fraction of sp³-hybridized carbons (Fsp3) is 0.300. The number of carbonyl (C=O) groups is 2. The summed E-state index contributed by atoms with van der Waals surface area (Å²) < 4.78 is 0. The maximum atomic E-state index is 12.9. The van der Waals surface area contributed by atoms with Crippen LogP contribution in [0.3, 0.4) is 0 Å². The second-order valence-electron chi connectivity index (χ2n) is 6.81. The first kappa shape index (κ1) is 17.8. The van der Waals surface area contributed by atoms with Gasteiger partial charge in [0, 0.05) is 36.9 Å². The largest absolute Gasteiger partial charge is 0.508 e. The maximum absolute atomic E-state index is 12.9. The van der Waals surface area contributed by atoms with Crippen LogP contribution in [-0.2, 0) is 9.59 Å². The third-order valence-corrected chi connectivity index (χ3v) is 5.39. The average Bonchev–Trinajstić information content (AvgIpc) is 2.97. The van der Waals surface area contributed by atoms with E-state index in [1.807, 2.05) is 12.1 Å². The molecule has 2 aliphatic rings. The number of rotatable bonds is 3. The van der Waals surface area contributed by atoms with Crippen LogP contribution >= 0.6 is 11.6 Å². The third-order valence-electron chi connectivity index (χ3n) is 5.16. The van der Waals surface area contributed by atoms with Crippen molar-refractivity contribution in [2.45, 2.75) is 12.5 Å². The number of anilines is 2. The van der Waals surface area contributed by atoms with Gasteiger partial charge in [0.05, 0.1) is 18.2 Å². The highest BCUT2D eigenvalue weighted by Gasteiger charge is 2.43. The number of benzene rings is 2. The quantitative estimate of drug-likeness (QED) is 0.822. The van der Waals surface area contributed by atoms with Crippen molar-refractivity contribution in [3.63, 3.8) is 0 Å². The first-order valence-electron chi connectivity index (χ1n) is 8.93. The van der Waals surface area contributed by atoms with E-state index in [9.17, 15) is 14.7 Å². The lowest BCUT2D eigenvalue weighted by atomic mass is 10.1. The van der Waals surface area contributed by atoms with E-state index in [0.29, 0.717) is 23.8 Å². The highest BCUT2D eigenvalue weighted by Crippen LogP contribution is 2.28.